The average Bonchev–Trinajstić information content (AvgIpc) is 3.03. The monoisotopic (exact) mass is 381 g/mol. The second-order valence-corrected chi connectivity index (χ2v) is 7.12. The molecule has 5 nitrogen and oxygen atoms in total. The quantitative estimate of drug-likeness (QED) is 0.823. The van der Waals surface area contributed by atoms with E-state index in [0.717, 1.165) is 29.0 Å². The summed E-state index contributed by atoms with van der Waals surface area (Å²) in [6.45, 7) is 1.44. The van der Waals surface area contributed by atoms with Gasteiger partial charge in [0, 0.05) is 6.42 Å². The Morgan fingerprint density at radius 2 is 1.79 bits per heavy atom. The first-order valence-corrected chi connectivity index (χ1v) is 9.37. The van der Waals surface area contributed by atoms with Crippen molar-refractivity contribution in [3.05, 3.63) is 66.0 Å². The number of quaternary nitrogens is 1. The summed E-state index contributed by atoms with van der Waals surface area (Å²) in [6.07, 6.45) is 3.11. The van der Waals surface area contributed by atoms with Crippen LogP contribution in [-0.2, 0) is 9.59 Å². The van der Waals surface area contributed by atoms with Crippen LogP contribution < -0.4 is 14.5 Å². The Bertz CT molecular complexity index is 922. The van der Waals surface area contributed by atoms with Crippen molar-refractivity contribution in [3.63, 3.8) is 0 Å². The van der Waals surface area contributed by atoms with Crippen molar-refractivity contribution in [2.75, 3.05) is 25.1 Å². The number of hydrogen-bond acceptors (Lipinski definition) is 3. The third-order valence-electron chi connectivity index (χ3n) is 5.51. The van der Waals surface area contributed by atoms with Gasteiger partial charge in [-0.2, -0.15) is 0 Å². The maximum atomic E-state index is 13.1. The van der Waals surface area contributed by atoms with Crippen molar-refractivity contribution >= 4 is 23.1 Å². The van der Waals surface area contributed by atoms with Gasteiger partial charge in [-0.1, -0.05) is 12.1 Å². The average molecular weight is 381 g/mol. The van der Waals surface area contributed by atoms with Crippen molar-refractivity contribution in [2.24, 2.45) is 0 Å². The molecule has 2 heterocycles. The smallest absolute Gasteiger partial charge is 0.292 e. The van der Waals surface area contributed by atoms with Crippen molar-refractivity contribution in [1.29, 1.82) is 0 Å². The molecule has 1 N–H and O–H groups in total. The molecule has 4 rings (SSSR count). The second-order valence-electron chi connectivity index (χ2n) is 7.12. The fourth-order valence-corrected chi connectivity index (χ4v) is 3.95. The van der Waals surface area contributed by atoms with Crippen LogP contribution in [0.3, 0.4) is 0 Å². The van der Waals surface area contributed by atoms with E-state index in [1.807, 2.05) is 0 Å². The summed E-state index contributed by atoms with van der Waals surface area (Å²) >= 11 is 0. The molecule has 1 fully saturated rings. The third-order valence-corrected chi connectivity index (χ3v) is 5.51. The van der Waals surface area contributed by atoms with Gasteiger partial charge in [0.05, 0.1) is 32.3 Å². The minimum Gasteiger partial charge on any atom is -0.497 e. The molecule has 1 saturated heterocycles. The lowest BCUT2D eigenvalue weighted by Crippen LogP contribution is -3.17. The molecule has 0 radical (unpaired) electrons. The number of amides is 2. The highest BCUT2D eigenvalue weighted by Gasteiger charge is 2.45. The molecule has 1 unspecified atom stereocenters. The first-order chi connectivity index (χ1) is 13.6. The molecule has 0 bridgehead atoms. The van der Waals surface area contributed by atoms with Crippen LogP contribution in [0.15, 0.2) is 54.6 Å². The van der Waals surface area contributed by atoms with E-state index in [9.17, 15) is 14.0 Å². The van der Waals surface area contributed by atoms with Gasteiger partial charge in [-0.15, -0.1) is 0 Å². The number of rotatable bonds is 4. The molecule has 2 aromatic rings. The highest BCUT2D eigenvalue weighted by atomic mass is 19.1. The van der Waals surface area contributed by atoms with Gasteiger partial charge in [0.2, 0.25) is 5.91 Å². The predicted octanol–water partition coefficient (Wildman–Crippen LogP) is 1.84. The van der Waals surface area contributed by atoms with Crippen LogP contribution in [0, 0.1) is 5.82 Å². The molecule has 0 aliphatic carbocycles. The number of hydrogen-bond donors (Lipinski definition) is 1. The number of nitrogens with one attached hydrogen (secondary N) is 1. The zero-order valence-electron chi connectivity index (χ0n) is 15.7. The Morgan fingerprint density at radius 1 is 1.07 bits per heavy atom. The number of imide groups is 1. The van der Waals surface area contributed by atoms with Crippen LogP contribution in [0.25, 0.3) is 5.57 Å². The van der Waals surface area contributed by atoms with Crippen LogP contribution in [-0.4, -0.2) is 38.1 Å². The number of anilines is 1. The van der Waals surface area contributed by atoms with Crippen LogP contribution >= 0.6 is 0 Å². The summed E-state index contributed by atoms with van der Waals surface area (Å²) in [5, 5.41) is 0. The lowest BCUT2D eigenvalue weighted by molar-refractivity contribution is -0.909. The van der Waals surface area contributed by atoms with Gasteiger partial charge in [0.25, 0.3) is 5.91 Å². The summed E-state index contributed by atoms with van der Waals surface area (Å²) in [4.78, 5) is 27.9. The number of nitrogens with zero attached hydrogens (tertiary/aromatic N) is 1. The lowest BCUT2D eigenvalue weighted by atomic mass is 9.98. The Labute approximate surface area is 163 Å². The Kier molecular flexibility index (Phi) is 4.96. The van der Waals surface area contributed by atoms with Gasteiger partial charge in [-0.25, -0.2) is 9.29 Å². The SMILES string of the molecule is COc1ccc(N2C(=O)C[C@@H]([NH+]3CC=C(c4ccc(F)cc4)CC3)C2=O)cc1. The van der Waals surface area contributed by atoms with E-state index in [4.69, 9.17) is 4.74 Å². The number of carbonyl (C=O) groups is 2. The Balaban J connectivity index is 1.47. The summed E-state index contributed by atoms with van der Waals surface area (Å²) in [6, 6.07) is 13.1. The second kappa shape index (κ2) is 7.56. The van der Waals surface area contributed by atoms with Crippen LogP contribution in [0.1, 0.15) is 18.4 Å². The molecule has 144 valence electrons. The van der Waals surface area contributed by atoms with E-state index < -0.39 is 0 Å². The summed E-state index contributed by atoms with van der Waals surface area (Å²) in [7, 11) is 1.57. The van der Waals surface area contributed by atoms with Crippen molar-refractivity contribution in [3.8, 4) is 5.75 Å². The number of halogens is 1. The number of benzene rings is 2. The standard InChI is InChI=1S/C22H21FN2O3/c1-28-19-8-6-18(7-9-19)25-21(26)14-20(22(25)27)24-12-10-16(11-13-24)15-2-4-17(23)5-3-15/h2-10,20H,11-14H2,1H3/p+1/t20-/m1/s1. The summed E-state index contributed by atoms with van der Waals surface area (Å²) < 4.78 is 18.2. The molecular formula is C22H22FN2O3+. The highest BCUT2D eigenvalue weighted by Crippen LogP contribution is 2.25. The van der Waals surface area contributed by atoms with Gasteiger partial charge in [0.1, 0.15) is 11.6 Å². The molecule has 2 aliphatic rings. The van der Waals surface area contributed by atoms with E-state index >= 15 is 0 Å². The number of ether oxygens (including phenoxy) is 1. The fraction of sp³-hybridized carbons (Fsp3) is 0.273. The molecule has 2 atom stereocenters. The van der Waals surface area contributed by atoms with Crippen molar-refractivity contribution in [1.82, 2.24) is 0 Å². The topological polar surface area (TPSA) is 51.0 Å². The molecule has 6 heteroatoms. The summed E-state index contributed by atoms with van der Waals surface area (Å²) in [5.41, 5.74) is 2.75. The molecule has 2 aliphatic heterocycles. The lowest BCUT2D eigenvalue weighted by Gasteiger charge is -2.27. The summed E-state index contributed by atoms with van der Waals surface area (Å²) in [5.74, 6) is 0.116. The number of carbonyl (C=O) groups excluding carboxylic acids is 2. The van der Waals surface area contributed by atoms with Gasteiger partial charge in [0.15, 0.2) is 6.04 Å². The molecule has 0 aromatic heterocycles. The van der Waals surface area contributed by atoms with Crippen molar-refractivity contribution in [2.45, 2.75) is 18.9 Å². The molecule has 0 saturated carbocycles. The minimum absolute atomic E-state index is 0.149. The molecule has 2 amide bonds. The first-order valence-electron chi connectivity index (χ1n) is 9.37. The van der Waals surface area contributed by atoms with E-state index in [1.54, 1.807) is 43.5 Å². The number of methoxy groups -OCH3 is 1. The Morgan fingerprint density at radius 3 is 2.39 bits per heavy atom. The fourth-order valence-electron chi connectivity index (χ4n) is 3.95. The largest absolute Gasteiger partial charge is 0.497 e. The highest BCUT2D eigenvalue weighted by molar-refractivity contribution is 6.21. The zero-order valence-corrected chi connectivity index (χ0v) is 15.7. The van der Waals surface area contributed by atoms with E-state index in [0.29, 0.717) is 18.0 Å². The molecule has 0 spiro atoms. The normalized spacial score (nSPS) is 22.4. The van der Waals surface area contributed by atoms with Gasteiger partial charge < -0.3 is 9.64 Å². The Hall–Kier alpha value is -2.99. The van der Waals surface area contributed by atoms with E-state index in [2.05, 4.69) is 6.08 Å². The maximum Gasteiger partial charge on any atom is 0.292 e. The van der Waals surface area contributed by atoms with Gasteiger partial charge in [-0.3, -0.25) is 9.59 Å². The maximum absolute atomic E-state index is 13.1. The zero-order chi connectivity index (χ0) is 19.7. The van der Waals surface area contributed by atoms with Crippen LogP contribution in [0.5, 0.6) is 5.75 Å². The predicted molar refractivity (Wildman–Crippen MR) is 104 cm³/mol. The van der Waals surface area contributed by atoms with Gasteiger partial charge in [-0.05, 0) is 53.6 Å². The van der Waals surface area contributed by atoms with E-state index in [1.165, 1.54) is 17.0 Å². The van der Waals surface area contributed by atoms with Crippen LogP contribution in [0.2, 0.25) is 0 Å². The third kappa shape index (κ3) is 3.43. The van der Waals surface area contributed by atoms with Crippen LogP contribution in [0.4, 0.5) is 10.1 Å². The van der Waals surface area contributed by atoms with Crippen molar-refractivity contribution < 1.29 is 23.6 Å². The van der Waals surface area contributed by atoms with Gasteiger partial charge >= 0.3 is 0 Å². The molecule has 28 heavy (non-hydrogen) atoms. The van der Waals surface area contributed by atoms with E-state index in [-0.39, 0.29) is 30.1 Å². The molecular weight excluding hydrogens is 359 g/mol. The molecule has 2 aromatic carbocycles. The minimum atomic E-state index is -0.361. The first kappa shape index (κ1) is 18.4.